The quantitative estimate of drug-likeness (QED) is 0.0407. The van der Waals surface area contributed by atoms with Crippen LogP contribution in [0.3, 0.4) is 0 Å². The molecule has 0 bridgehead atoms. The van der Waals surface area contributed by atoms with Gasteiger partial charge in [-0.15, -0.1) is 0 Å². The summed E-state index contributed by atoms with van der Waals surface area (Å²) in [6, 6.07) is -0.995. The maximum absolute atomic E-state index is 13.1. The van der Waals surface area contributed by atoms with Crippen molar-refractivity contribution in [2.45, 2.75) is 39.7 Å². The zero-order valence-electron chi connectivity index (χ0n) is 30.0. The number of rotatable bonds is 19. The summed E-state index contributed by atoms with van der Waals surface area (Å²) in [6.07, 6.45) is 1.86. The number of hydrogen-bond donors (Lipinski definition) is 8. The molecule has 0 radical (unpaired) electrons. The predicted molar refractivity (Wildman–Crippen MR) is 192 cm³/mol. The van der Waals surface area contributed by atoms with Crippen molar-refractivity contribution < 1.29 is 39.3 Å². The van der Waals surface area contributed by atoms with E-state index in [0.717, 1.165) is 19.4 Å². The smallest absolute Gasteiger partial charge is 0.317 e. The third-order valence-corrected chi connectivity index (χ3v) is 8.25. The van der Waals surface area contributed by atoms with Crippen LogP contribution in [0.5, 0.6) is 0 Å². The highest BCUT2D eigenvalue weighted by molar-refractivity contribution is 5.88. The summed E-state index contributed by atoms with van der Waals surface area (Å²) in [5, 5.41) is 36.9. The number of anilines is 2. The van der Waals surface area contributed by atoms with Crippen molar-refractivity contribution in [1.82, 2.24) is 30.2 Å². The van der Waals surface area contributed by atoms with Gasteiger partial charge in [-0.3, -0.25) is 48.3 Å². The van der Waals surface area contributed by atoms with E-state index >= 15 is 0 Å². The van der Waals surface area contributed by atoms with E-state index in [2.05, 4.69) is 40.0 Å². The molecule has 1 atom stereocenters. The Morgan fingerprint density at radius 2 is 1.20 bits per heavy atom. The summed E-state index contributed by atoms with van der Waals surface area (Å²) in [5.41, 5.74) is 5.11. The van der Waals surface area contributed by atoms with Crippen LogP contribution in [0.15, 0.2) is 9.59 Å². The Labute approximate surface area is 298 Å². The van der Waals surface area contributed by atoms with Crippen molar-refractivity contribution in [2.24, 2.45) is 11.7 Å². The van der Waals surface area contributed by atoms with Crippen molar-refractivity contribution in [3.05, 3.63) is 20.4 Å². The van der Waals surface area contributed by atoms with E-state index in [1.807, 2.05) is 11.8 Å². The average Bonchev–Trinajstić information content (AvgIpc) is 3.07. The zero-order chi connectivity index (χ0) is 38.3. The molecule has 2 rings (SSSR count). The molecule has 1 heterocycles. The van der Waals surface area contributed by atoms with Crippen molar-refractivity contribution >= 4 is 41.6 Å². The molecular formula is C32H57N9O10. The molecule has 1 aromatic carbocycles. The van der Waals surface area contributed by atoms with Gasteiger partial charge in [0.25, 0.3) is 17.3 Å². The van der Waals surface area contributed by atoms with E-state index in [1.54, 1.807) is 9.80 Å². The molecular weight excluding hydrogens is 670 g/mol. The molecule has 290 valence electrons. The molecule has 0 saturated carbocycles. The normalized spacial score (nSPS) is 16.2. The fraction of sp³-hybridized carbons (Fsp3) is 0.719. The topological polar surface area (TPSA) is 267 Å². The summed E-state index contributed by atoms with van der Waals surface area (Å²) < 4.78 is 0. The van der Waals surface area contributed by atoms with Gasteiger partial charge in [0.1, 0.15) is 17.4 Å². The minimum Gasteiger partial charge on any atom is -0.483 e. The van der Waals surface area contributed by atoms with Gasteiger partial charge < -0.3 is 47.2 Å². The first-order valence-corrected chi connectivity index (χ1v) is 17.2. The zero-order valence-corrected chi connectivity index (χ0v) is 30.0. The van der Waals surface area contributed by atoms with Crippen LogP contribution in [0, 0.1) is 5.92 Å². The van der Waals surface area contributed by atoms with Gasteiger partial charge >= 0.3 is 11.9 Å². The lowest BCUT2D eigenvalue weighted by molar-refractivity contribution is -0.140. The lowest BCUT2D eigenvalue weighted by atomic mass is 10.1. The molecule has 19 nitrogen and oxygen atoms in total. The monoisotopic (exact) mass is 727 g/mol. The highest BCUT2D eigenvalue weighted by Crippen LogP contribution is 2.14. The lowest BCUT2D eigenvalue weighted by Gasteiger charge is -2.33. The third kappa shape index (κ3) is 18.1. The van der Waals surface area contributed by atoms with Gasteiger partial charge in [0.2, 0.25) is 11.8 Å². The number of carbonyl (C=O) groups excluding carboxylic acids is 2. The van der Waals surface area contributed by atoms with Crippen LogP contribution in [-0.2, 0) is 24.0 Å². The first-order chi connectivity index (χ1) is 24.3. The largest absolute Gasteiger partial charge is 0.483 e. The first kappa shape index (κ1) is 44.9. The van der Waals surface area contributed by atoms with Gasteiger partial charge in [0.05, 0.1) is 19.6 Å². The second kappa shape index (κ2) is 24.9. The van der Waals surface area contributed by atoms with Gasteiger partial charge in [-0.05, 0) is 25.3 Å². The van der Waals surface area contributed by atoms with Crippen LogP contribution < -0.4 is 37.9 Å². The Bertz CT molecular complexity index is 1310. The second-order valence-corrected chi connectivity index (χ2v) is 12.6. The average molecular weight is 728 g/mol. The molecule has 9 N–H and O–H groups in total. The number of carboxylic acid groups (broad SMARTS) is 3. The van der Waals surface area contributed by atoms with Crippen LogP contribution in [0.25, 0.3) is 0 Å². The number of likely N-dealkylation sites (N-methyl/N-ethyl adjacent to an activating group) is 1. The Morgan fingerprint density at radius 3 is 1.61 bits per heavy atom. The number of carbonyl (C=O) groups is 5. The fourth-order valence-electron chi connectivity index (χ4n) is 5.38. The standard InChI is InChI=1S/C31H55N9O8.CH2O2/c1-4-37-10-12-38(14-15-40(21-26(44)45)17-16-39(13-11-37)20-25(42)43)19-24(41)36-23(18-32)31(48)35-9-8-34-28-27(29(46)30(28)47)33-7-5-6-22(2)3;2-1-3/h22-23,33-34H,4-21,32H2,1-3H3,(H,35,48)(H,36,41)(H,42,43)(H,44,45);1H,(H,2,3). The van der Waals surface area contributed by atoms with Crippen LogP contribution in [0.1, 0.15) is 33.6 Å². The van der Waals surface area contributed by atoms with E-state index in [9.17, 15) is 39.0 Å². The van der Waals surface area contributed by atoms with Crippen molar-refractivity contribution in [3.63, 3.8) is 0 Å². The van der Waals surface area contributed by atoms with Crippen LogP contribution in [-0.4, -0.2) is 176 Å². The summed E-state index contributed by atoms with van der Waals surface area (Å²) in [5.74, 6) is -2.31. The minimum absolute atomic E-state index is 0.0355. The maximum Gasteiger partial charge on any atom is 0.317 e. The SMILES string of the molecule is CCN1CCN(CC(=O)O)CCN(CC(=O)O)CCN(CC(=O)NC(CN)C(=O)NCCNc2c(NCCCC(C)C)c(=O)c2=O)CC1.O=CO. The molecule has 19 heteroatoms. The molecule has 0 aliphatic carbocycles. The molecule has 2 amide bonds. The van der Waals surface area contributed by atoms with E-state index in [4.69, 9.17) is 15.6 Å². The van der Waals surface area contributed by atoms with Crippen LogP contribution in [0.4, 0.5) is 11.4 Å². The first-order valence-electron chi connectivity index (χ1n) is 17.2. The number of nitrogens with one attached hydrogen (secondary N) is 4. The van der Waals surface area contributed by atoms with Gasteiger partial charge in [-0.25, -0.2) is 0 Å². The molecule has 1 fully saturated rings. The highest BCUT2D eigenvalue weighted by Gasteiger charge is 2.24. The lowest BCUT2D eigenvalue weighted by Crippen LogP contribution is -2.54. The Balaban J connectivity index is 0.00000418. The van der Waals surface area contributed by atoms with Crippen molar-refractivity contribution in [3.8, 4) is 0 Å². The molecule has 51 heavy (non-hydrogen) atoms. The number of nitrogens with zero attached hydrogens (tertiary/aromatic N) is 4. The van der Waals surface area contributed by atoms with Gasteiger partial charge in [0.15, 0.2) is 0 Å². The van der Waals surface area contributed by atoms with E-state index < -0.39 is 40.7 Å². The van der Waals surface area contributed by atoms with Crippen LogP contribution in [0.2, 0.25) is 0 Å². The number of aliphatic carboxylic acids is 2. The summed E-state index contributed by atoms with van der Waals surface area (Å²) in [4.78, 5) is 88.7. The number of nitrogens with two attached hydrogens (primary N) is 1. The fourth-order valence-corrected chi connectivity index (χ4v) is 5.38. The van der Waals surface area contributed by atoms with Crippen molar-refractivity contribution in [2.75, 3.05) is 115 Å². The van der Waals surface area contributed by atoms with Gasteiger partial charge in [-0.2, -0.15) is 0 Å². The third-order valence-electron chi connectivity index (χ3n) is 8.25. The minimum atomic E-state index is -1.00. The Kier molecular flexibility index (Phi) is 21.9. The highest BCUT2D eigenvalue weighted by atomic mass is 16.4. The molecule has 1 saturated heterocycles. The van der Waals surface area contributed by atoms with Gasteiger partial charge in [0, 0.05) is 78.5 Å². The Hall–Kier alpha value is -4.17. The number of amides is 2. The number of carboxylic acids is 2. The van der Waals surface area contributed by atoms with Crippen molar-refractivity contribution in [1.29, 1.82) is 0 Å². The Morgan fingerprint density at radius 1 is 0.765 bits per heavy atom. The molecule has 0 spiro atoms. The molecule has 1 aromatic rings. The second-order valence-electron chi connectivity index (χ2n) is 12.6. The molecule has 1 aliphatic heterocycles. The molecule has 0 aromatic heterocycles. The van der Waals surface area contributed by atoms with Gasteiger partial charge in [-0.1, -0.05) is 20.8 Å². The summed E-state index contributed by atoms with van der Waals surface area (Å²) in [7, 11) is 0. The summed E-state index contributed by atoms with van der Waals surface area (Å²) >= 11 is 0. The number of hydrogen-bond acceptors (Lipinski definition) is 14. The van der Waals surface area contributed by atoms with E-state index in [-0.39, 0.29) is 57.1 Å². The predicted octanol–water partition coefficient (Wildman–Crippen LogP) is -2.79. The molecule has 1 aliphatic rings. The van der Waals surface area contributed by atoms with E-state index in [1.165, 1.54) is 0 Å². The maximum atomic E-state index is 13.1. The van der Waals surface area contributed by atoms with E-state index in [0.29, 0.717) is 64.8 Å². The summed E-state index contributed by atoms with van der Waals surface area (Å²) in [6.45, 7) is 10.8. The van der Waals surface area contributed by atoms with Crippen LogP contribution >= 0.6 is 0 Å². The molecule has 1 unspecified atom stereocenters.